The maximum Gasteiger partial charge on any atom is 0.573 e. The first-order valence-corrected chi connectivity index (χ1v) is 6.89. The molecule has 22 heavy (non-hydrogen) atoms. The molecule has 0 saturated carbocycles. The smallest absolute Gasteiger partial charge is 0.406 e. The molecule has 0 bridgehead atoms. The molecular formula is C13H14F3N3O2S. The van der Waals surface area contributed by atoms with Crippen LogP contribution in [0.15, 0.2) is 24.3 Å². The van der Waals surface area contributed by atoms with Crippen LogP contribution in [0.4, 0.5) is 18.9 Å². The van der Waals surface area contributed by atoms with Gasteiger partial charge in [-0.3, -0.25) is 4.79 Å². The highest BCUT2D eigenvalue weighted by molar-refractivity contribution is 7.80. The molecule has 0 unspecified atom stereocenters. The molecule has 1 heterocycles. The van der Waals surface area contributed by atoms with Crippen molar-refractivity contribution in [3.8, 4) is 5.75 Å². The SMILES string of the molecule is O=CN1CCN(C(=S)Nc2ccc(OC(F)(F)F)cc2)CC1. The summed E-state index contributed by atoms with van der Waals surface area (Å²) in [6, 6.07) is 5.33. The van der Waals surface area contributed by atoms with Gasteiger partial charge in [0.05, 0.1) is 0 Å². The molecule has 2 rings (SSSR count). The van der Waals surface area contributed by atoms with Crippen LogP contribution in [0.3, 0.4) is 0 Å². The van der Waals surface area contributed by atoms with Gasteiger partial charge in [0.2, 0.25) is 6.41 Å². The number of carbonyl (C=O) groups excluding carboxylic acids is 1. The number of anilines is 1. The van der Waals surface area contributed by atoms with Crippen molar-refractivity contribution in [2.75, 3.05) is 31.5 Å². The molecule has 9 heteroatoms. The van der Waals surface area contributed by atoms with Gasteiger partial charge in [-0.1, -0.05) is 0 Å². The number of piperazine rings is 1. The number of nitrogens with one attached hydrogen (secondary N) is 1. The second-order valence-electron chi connectivity index (χ2n) is 4.63. The van der Waals surface area contributed by atoms with Crippen molar-refractivity contribution in [3.05, 3.63) is 24.3 Å². The number of halogens is 3. The van der Waals surface area contributed by atoms with Gasteiger partial charge in [0.25, 0.3) is 0 Å². The van der Waals surface area contributed by atoms with Crippen LogP contribution in [0.5, 0.6) is 5.75 Å². The zero-order valence-electron chi connectivity index (χ0n) is 11.5. The largest absolute Gasteiger partial charge is 0.573 e. The minimum Gasteiger partial charge on any atom is -0.406 e. The summed E-state index contributed by atoms with van der Waals surface area (Å²) in [5.74, 6) is -0.288. The van der Waals surface area contributed by atoms with Gasteiger partial charge in [-0.15, -0.1) is 13.2 Å². The Kier molecular flexibility index (Phi) is 5.07. The van der Waals surface area contributed by atoms with E-state index < -0.39 is 6.36 Å². The second kappa shape index (κ2) is 6.82. The second-order valence-corrected chi connectivity index (χ2v) is 5.02. The molecule has 1 saturated heterocycles. The molecule has 0 radical (unpaired) electrons. The first-order valence-electron chi connectivity index (χ1n) is 6.48. The minimum atomic E-state index is -4.71. The lowest BCUT2D eigenvalue weighted by molar-refractivity contribution is -0.274. The number of amides is 1. The highest BCUT2D eigenvalue weighted by atomic mass is 32.1. The molecule has 1 fully saturated rings. The first-order chi connectivity index (χ1) is 10.4. The van der Waals surface area contributed by atoms with Gasteiger partial charge >= 0.3 is 6.36 Å². The Bertz CT molecular complexity index is 528. The van der Waals surface area contributed by atoms with Gasteiger partial charge in [0.15, 0.2) is 5.11 Å². The van der Waals surface area contributed by atoms with Crippen LogP contribution < -0.4 is 10.1 Å². The molecule has 1 amide bonds. The van der Waals surface area contributed by atoms with Crippen LogP contribution in [0.2, 0.25) is 0 Å². The third-order valence-electron chi connectivity index (χ3n) is 3.09. The molecule has 0 aromatic heterocycles. The van der Waals surface area contributed by atoms with Crippen molar-refractivity contribution in [1.82, 2.24) is 9.80 Å². The summed E-state index contributed by atoms with van der Waals surface area (Å²) in [7, 11) is 0. The summed E-state index contributed by atoms with van der Waals surface area (Å²) in [5.41, 5.74) is 0.567. The molecule has 1 aliphatic rings. The summed E-state index contributed by atoms with van der Waals surface area (Å²) in [6.45, 7) is 2.40. The van der Waals surface area contributed by atoms with E-state index in [1.54, 1.807) is 4.90 Å². The molecule has 1 N–H and O–H groups in total. The van der Waals surface area contributed by atoms with Crippen LogP contribution in [0.1, 0.15) is 0 Å². The molecule has 1 aromatic carbocycles. The number of ether oxygens (including phenoxy) is 1. The van der Waals surface area contributed by atoms with Crippen LogP contribution >= 0.6 is 12.2 Å². The number of hydrogen-bond donors (Lipinski definition) is 1. The number of hydrogen-bond acceptors (Lipinski definition) is 3. The van der Waals surface area contributed by atoms with E-state index in [0.29, 0.717) is 37.0 Å². The molecular weight excluding hydrogens is 319 g/mol. The van der Waals surface area contributed by atoms with Gasteiger partial charge in [0.1, 0.15) is 5.75 Å². The number of carbonyl (C=O) groups is 1. The number of alkyl halides is 3. The maximum atomic E-state index is 12.1. The fraction of sp³-hybridized carbons (Fsp3) is 0.385. The molecule has 5 nitrogen and oxygen atoms in total. The van der Waals surface area contributed by atoms with Gasteiger partial charge in [-0.2, -0.15) is 0 Å². The first kappa shape index (κ1) is 16.3. The van der Waals surface area contributed by atoms with E-state index in [-0.39, 0.29) is 5.75 Å². The summed E-state index contributed by atoms with van der Waals surface area (Å²) >= 11 is 5.25. The highest BCUT2D eigenvalue weighted by Crippen LogP contribution is 2.24. The molecule has 0 spiro atoms. The van der Waals surface area contributed by atoms with Crippen LogP contribution in [-0.4, -0.2) is 53.9 Å². The zero-order chi connectivity index (χ0) is 16.2. The average molecular weight is 333 g/mol. The summed E-state index contributed by atoms with van der Waals surface area (Å²) in [6.07, 6.45) is -3.91. The summed E-state index contributed by atoms with van der Waals surface area (Å²) < 4.78 is 40.0. The van der Waals surface area contributed by atoms with Crippen molar-refractivity contribution in [3.63, 3.8) is 0 Å². The third kappa shape index (κ3) is 4.76. The van der Waals surface area contributed by atoms with E-state index in [9.17, 15) is 18.0 Å². The van der Waals surface area contributed by atoms with E-state index in [2.05, 4.69) is 10.1 Å². The summed E-state index contributed by atoms with van der Waals surface area (Å²) in [4.78, 5) is 14.2. The maximum absolute atomic E-state index is 12.1. The Morgan fingerprint density at radius 2 is 1.77 bits per heavy atom. The Morgan fingerprint density at radius 1 is 1.18 bits per heavy atom. The van der Waals surface area contributed by atoms with E-state index in [4.69, 9.17) is 12.2 Å². The Hall–Kier alpha value is -2.03. The normalized spacial score (nSPS) is 15.4. The van der Waals surface area contributed by atoms with Crippen molar-refractivity contribution in [2.45, 2.75) is 6.36 Å². The number of thiocarbonyl (C=S) groups is 1. The van der Waals surface area contributed by atoms with Crippen molar-refractivity contribution in [2.24, 2.45) is 0 Å². The molecule has 0 aliphatic carbocycles. The quantitative estimate of drug-likeness (QED) is 0.678. The Balaban J connectivity index is 1.88. The van der Waals surface area contributed by atoms with Crippen molar-refractivity contribution < 1.29 is 22.7 Å². The van der Waals surface area contributed by atoms with Crippen molar-refractivity contribution in [1.29, 1.82) is 0 Å². The highest BCUT2D eigenvalue weighted by Gasteiger charge is 2.31. The lowest BCUT2D eigenvalue weighted by Gasteiger charge is -2.34. The van der Waals surface area contributed by atoms with Crippen molar-refractivity contribution >= 4 is 29.4 Å². The van der Waals surface area contributed by atoms with Gasteiger partial charge in [0, 0.05) is 31.9 Å². The van der Waals surface area contributed by atoms with E-state index in [0.717, 1.165) is 6.41 Å². The van der Waals surface area contributed by atoms with E-state index in [1.807, 2.05) is 4.90 Å². The lowest BCUT2D eigenvalue weighted by atomic mass is 10.3. The Morgan fingerprint density at radius 3 is 2.27 bits per heavy atom. The minimum absolute atomic E-state index is 0.288. The predicted molar refractivity (Wildman–Crippen MR) is 78.6 cm³/mol. The third-order valence-corrected chi connectivity index (χ3v) is 3.45. The lowest BCUT2D eigenvalue weighted by Crippen LogP contribution is -2.49. The average Bonchev–Trinajstić information content (AvgIpc) is 2.48. The standard InChI is InChI=1S/C13H14F3N3O2S/c14-13(15,16)21-11-3-1-10(2-4-11)17-12(22)19-7-5-18(9-20)6-8-19/h1-4,9H,5-8H2,(H,17,22). The summed E-state index contributed by atoms with van der Waals surface area (Å²) in [5, 5.41) is 3.42. The van der Waals surface area contributed by atoms with E-state index in [1.165, 1.54) is 24.3 Å². The Labute approximate surface area is 130 Å². The van der Waals surface area contributed by atoms with Crippen LogP contribution in [0, 0.1) is 0 Å². The monoisotopic (exact) mass is 333 g/mol. The van der Waals surface area contributed by atoms with Gasteiger partial charge < -0.3 is 19.9 Å². The zero-order valence-corrected chi connectivity index (χ0v) is 12.3. The molecule has 1 aliphatic heterocycles. The number of rotatable bonds is 3. The number of benzene rings is 1. The van der Waals surface area contributed by atoms with Crippen LogP contribution in [0.25, 0.3) is 0 Å². The van der Waals surface area contributed by atoms with Gasteiger partial charge in [-0.05, 0) is 36.5 Å². The van der Waals surface area contributed by atoms with E-state index >= 15 is 0 Å². The molecule has 120 valence electrons. The molecule has 1 aromatic rings. The molecule has 0 atom stereocenters. The number of nitrogens with zero attached hydrogens (tertiary/aromatic N) is 2. The van der Waals surface area contributed by atoms with Crippen LogP contribution in [-0.2, 0) is 4.79 Å². The van der Waals surface area contributed by atoms with Gasteiger partial charge in [-0.25, -0.2) is 0 Å². The predicted octanol–water partition coefficient (Wildman–Crippen LogP) is 2.06. The topological polar surface area (TPSA) is 44.8 Å². The fourth-order valence-electron chi connectivity index (χ4n) is 1.97. The fourth-order valence-corrected chi connectivity index (χ4v) is 2.27.